The van der Waals surface area contributed by atoms with Gasteiger partial charge in [-0.2, -0.15) is 0 Å². The Labute approximate surface area is 183 Å². The maximum atomic E-state index is 13.6. The molecular weight excluding hydrogens is 400 g/mol. The van der Waals surface area contributed by atoms with Crippen LogP contribution in [0.25, 0.3) is 10.9 Å². The molecule has 0 bridgehead atoms. The minimum absolute atomic E-state index is 0.0277. The monoisotopic (exact) mass is 432 g/mol. The van der Waals surface area contributed by atoms with Gasteiger partial charge in [-0.3, -0.25) is 14.7 Å². The number of piperazine rings is 1. The molecule has 7 nitrogen and oxygen atoms in total. The molecular formula is C22H33ClN6O. The Hall–Kier alpha value is -1.83. The van der Waals surface area contributed by atoms with Crippen molar-refractivity contribution in [2.75, 3.05) is 63.7 Å². The van der Waals surface area contributed by atoms with Crippen LogP contribution in [0.15, 0.2) is 11.0 Å². The molecule has 1 saturated heterocycles. The fourth-order valence-corrected chi connectivity index (χ4v) is 5.15. The van der Waals surface area contributed by atoms with E-state index >= 15 is 0 Å². The third-order valence-corrected chi connectivity index (χ3v) is 7.16. The summed E-state index contributed by atoms with van der Waals surface area (Å²) in [6, 6.07) is 0.760. The number of pyridine rings is 2. The number of aromatic nitrogens is 2. The molecule has 0 amide bonds. The van der Waals surface area contributed by atoms with Crippen molar-refractivity contribution in [3.05, 3.63) is 27.3 Å². The van der Waals surface area contributed by atoms with E-state index in [0.29, 0.717) is 17.1 Å². The van der Waals surface area contributed by atoms with Gasteiger partial charge in [-0.05, 0) is 48.0 Å². The Kier molecular flexibility index (Phi) is 5.72. The number of anilines is 2. The number of rotatable bonds is 4. The first-order valence-electron chi connectivity index (χ1n) is 10.7. The highest BCUT2D eigenvalue weighted by atomic mass is 35.5. The molecule has 2 aliphatic heterocycles. The lowest BCUT2D eigenvalue weighted by atomic mass is 9.99. The molecule has 0 radical (unpaired) electrons. The first-order chi connectivity index (χ1) is 14.2. The standard InChI is InChI=1S/C22H33ClN6O/c1-14-11-29-16(12-26(14)5)13-28(9-7-8-25(3)4)21-20(29)17-10-24-15(2)18(23)19(17)27(6)22(21)30/h10,14,16H,7-9,11-13H2,1-6H3. The number of aryl methyl sites for hydroxylation is 2. The lowest BCUT2D eigenvalue weighted by Gasteiger charge is -2.51. The Bertz CT molecular complexity index is 1020. The molecule has 2 aliphatic rings. The van der Waals surface area contributed by atoms with E-state index in [1.807, 2.05) is 20.2 Å². The third kappa shape index (κ3) is 3.47. The molecule has 0 saturated carbocycles. The molecule has 164 valence electrons. The van der Waals surface area contributed by atoms with Gasteiger partial charge in [-0.15, -0.1) is 0 Å². The molecule has 2 atom stereocenters. The van der Waals surface area contributed by atoms with Crippen molar-refractivity contribution in [2.24, 2.45) is 7.05 Å². The average molecular weight is 433 g/mol. The van der Waals surface area contributed by atoms with Gasteiger partial charge in [0.15, 0.2) is 0 Å². The summed E-state index contributed by atoms with van der Waals surface area (Å²) in [6.07, 6.45) is 2.91. The topological polar surface area (TPSA) is 47.9 Å². The summed E-state index contributed by atoms with van der Waals surface area (Å²) >= 11 is 6.66. The van der Waals surface area contributed by atoms with E-state index in [1.54, 1.807) is 4.57 Å². The highest BCUT2D eigenvalue weighted by Gasteiger charge is 2.39. The van der Waals surface area contributed by atoms with E-state index in [-0.39, 0.29) is 5.56 Å². The number of nitrogens with zero attached hydrogens (tertiary/aromatic N) is 6. The van der Waals surface area contributed by atoms with Gasteiger partial charge in [0.25, 0.3) is 5.56 Å². The zero-order valence-corrected chi connectivity index (χ0v) is 19.7. The van der Waals surface area contributed by atoms with E-state index in [4.69, 9.17) is 11.6 Å². The van der Waals surface area contributed by atoms with Crippen LogP contribution in [-0.4, -0.2) is 85.3 Å². The molecule has 4 rings (SSSR count). The lowest BCUT2D eigenvalue weighted by Crippen LogP contribution is -2.62. The molecule has 0 aromatic carbocycles. The SMILES string of the molecule is Cc1ncc2c3c(c(=O)n(C)c2c1Cl)N(CCCN(C)C)CC1CN(C)C(C)CN31. The summed E-state index contributed by atoms with van der Waals surface area (Å²) in [7, 11) is 8.20. The summed E-state index contributed by atoms with van der Waals surface area (Å²) in [4.78, 5) is 27.5. The Morgan fingerprint density at radius 1 is 1.20 bits per heavy atom. The van der Waals surface area contributed by atoms with Crippen molar-refractivity contribution in [3.63, 3.8) is 0 Å². The smallest absolute Gasteiger partial charge is 0.276 e. The minimum Gasteiger partial charge on any atom is -0.363 e. The summed E-state index contributed by atoms with van der Waals surface area (Å²) < 4.78 is 1.71. The van der Waals surface area contributed by atoms with Gasteiger partial charge in [0.1, 0.15) is 5.69 Å². The normalized spacial score (nSPS) is 22.0. The van der Waals surface area contributed by atoms with E-state index in [1.165, 1.54) is 0 Å². The van der Waals surface area contributed by atoms with Crippen LogP contribution in [0.4, 0.5) is 11.4 Å². The highest BCUT2D eigenvalue weighted by molar-refractivity contribution is 6.36. The zero-order valence-electron chi connectivity index (χ0n) is 18.9. The van der Waals surface area contributed by atoms with Gasteiger partial charge >= 0.3 is 0 Å². The van der Waals surface area contributed by atoms with Gasteiger partial charge in [0.05, 0.1) is 28.0 Å². The van der Waals surface area contributed by atoms with Crippen LogP contribution in [0.1, 0.15) is 19.0 Å². The van der Waals surface area contributed by atoms with Crippen LogP contribution in [0.3, 0.4) is 0 Å². The number of hydrogen-bond donors (Lipinski definition) is 0. The second kappa shape index (κ2) is 8.02. The van der Waals surface area contributed by atoms with Crippen molar-refractivity contribution in [2.45, 2.75) is 32.4 Å². The summed E-state index contributed by atoms with van der Waals surface area (Å²) in [6.45, 7) is 8.74. The van der Waals surface area contributed by atoms with Crippen molar-refractivity contribution in [1.29, 1.82) is 0 Å². The van der Waals surface area contributed by atoms with E-state index in [2.05, 4.69) is 52.7 Å². The summed E-state index contributed by atoms with van der Waals surface area (Å²) in [5.41, 5.74) is 3.39. The van der Waals surface area contributed by atoms with Gasteiger partial charge in [-0.25, -0.2) is 0 Å². The average Bonchev–Trinajstić information content (AvgIpc) is 2.68. The summed E-state index contributed by atoms with van der Waals surface area (Å²) in [5, 5.41) is 1.54. The minimum atomic E-state index is 0.0277. The van der Waals surface area contributed by atoms with Crippen molar-refractivity contribution >= 4 is 33.9 Å². The largest absolute Gasteiger partial charge is 0.363 e. The van der Waals surface area contributed by atoms with Crippen LogP contribution < -0.4 is 15.4 Å². The second-order valence-electron chi connectivity index (χ2n) is 9.18. The van der Waals surface area contributed by atoms with Crippen LogP contribution in [0.2, 0.25) is 5.02 Å². The van der Waals surface area contributed by atoms with Crippen molar-refractivity contribution in [1.82, 2.24) is 19.4 Å². The van der Waals surface area contributed by atoms with Gasteiger partial charge in [0, 0.05) is 50.9 Å². The van der Waals surface area contributed by atoms with Crippen molar-refractivity contribution in [3.8, 4) is 0 Å². The number of halogens is 1. The van der Waals surface area contributed by atoms with Crippen LogP contribution in [-0.2, 0) is 7.05 Å². The zero-order chi connectivity index (χ0) is 21.7. The van der Waals surface area contributed by atoms with Gasteiger partial charge in [-0.1, -0.05) is 11.6 Å². The molecule has 30 heavy (non-hydrogen) atoms. The predicted octanol–water partition coefficient (Wildman–Crippen LogP) is 2.18. The highest BCUT2D eigenvalue weighted by Crippen LogP contribution is 2.42. The molecule has 4 heterocycles. The molecule has 8 heteroatoms. The van der Waals surface area contributed by atoms with Crippen LogP contribution in [0, 0.1) is 6.92 Å². The molecule has 0 N–H and O–H groups in total. The van der Waals surface area contributed by atoms with Crippen LogP contribution in [0.5, 0.6) is 0 Å². The molecule has 0 spiro atoms. The van der Waals surface area contributed by atoms with E-state index in [0.717, 1.165) is 67.1 Å². The molecule has 0 aliphatic carbocycles. The number of hydrogen-bond acceptors (Lipinski definition) is 6. The second-order valence-corrected chi connectivity index (χ2v) is 9.56. The van der Waals surface area contributed by atoms with Gasteiger partial charge in [0.2, 0.25) is 0 Å². The third-order valence-electron chi connectivity index (χ3n) is 6.71. The maximum Gasteiger partial charge on any atom is 0.276 e. The van der Waals surface area contributed by atoms with Crippen molar-refractivity contribution < 1.29 is 0 Å². The van der Waals surface area contributed by atoms with E-state index in [9.17, 15) is 4.79 Å². The molecule has 2 aromatic rings. The van der Waals surface area contributed by atoms with E-state index < -0.39 is 0 Å². The Morgan fingerprint density at radius 2 is 1.93 bits per heavy atom. The fourth-order valence-electron chi connectivity index (χ4n) is 4.88. The van der Waals surface area contributed by atoms with Crippen LogP contribution >= 0.6 is 11.6 Å². The molecule has 1 fully saturated rings. The first kappa shape index (κ1) is 21.4. The number of fused-ring (bicyclic) bond motifs is 5. The summed E-state index contributed by atoms with van der Waals surface area (Å²) in [5.74, 6) is 0. The first-order valence-corrected chi connectivity index (χ1v) is 11.1. The fraction of sp³-hybridized carbons (Fsp3) is 0.636. The lowest BCUT2D eigenvalue weighted by molar-refractivity contribution is 0.198. The quantitative estimate of drug-likeness (QED) is 0.738. The Balaban J connectivity index is 1.92. The number of likely N-dealkylation sites (N-methyl/N-ethyl adjacent to an activating group) is 1. The van der Waals surface area contributed by atoms with Gasteiger partial charge < -0.3 is 19.3 Å². The molecule has 2 aromatic heterocycles. The predicted molar refractivity (Wildman–Crippen MR) is 125 cm³/mol. The maximum absolute atomic E-state index is 13.6. The molecule has 2 unspecified atom stereocenters. The Morgan fingerprint density at radius 3 is 2.63 bits per heavy atom.